The highest BCUT2D eigenvalue weighted by Gasteiger charge is 2.13. The number of carbonyl (C=O) groups excluding carboxylic acids is 1. The number of hydrazone groups is 1. The number of benzene rings is 1. The summed E-state index contributed by atoms with van der Waals surface area (Å²) < 4.78 is 2.23. The van der Waals surface area contributed by atoms with Gasteiger partial charge in [0.1, 0.15) is 0 Å². The van der Waals surface area contributed by atoms with Crippen molar-refractivity contribution in [2.24, 2.45) is 5.10 Å². The van der Waals surface area contributed by atoms with E-state index in [2.05, 4.69) is 72.0 Å². The van der Waals surface area contributed by atoms with E-state index in [9.17, 15) is 4.79 Å². The van der Waals surface area contributed by atoms with E-state index in [0.717, 1.165) is 35.7 Å². The zero-order valence-corrected chi connectivity index (χ0v) is 16.9. The van der Waals surface area contributed by atoms with Gasteiger partial charge < -0.3 is 4.57 Å². The molecular weight excluding hydrogens is 336 g/mol. The molecule has 3 rings (SSSR count). The average Bonchev–Trinajstić information content (AvgIpc) is 2.92. The van der Waals surface area contributed by atoms with Crippen molar-refractivity contribution in [3.63, 3.8) is 0 Å². The third kappa shape index (κ3) is 4.66. The minimum absolute atomic E-state index is 0.0453. The van der Waals surface area contributed by atoms with Gasteiger partial charge >= 0.3 is 0 Å². The van der Waals surface area contributed by atoms with E-state index in [1.807, 2.05) is 0 Å². The average molecular weight is 367 g/mol. The first-order chi connectivity index (χ1) is 13.0. The quantitative estimate of drug-likeness (QED) is 0.649. The highest BCUT2D eigenvalue weighted by atomic mass is 16.2. The van der Waals surface area contributed by atoms with Crippen LogP contribution in [0.5, 0.6) is 0 Å². The summed E-state index contributed by atoms with van der Waals surface area (Å²) in [4.78, 5) is 14.3. The Balaban J connectivity index is 1.67. The molecule has 0 saturated carbocycles. The van der Waals surface area contributed by atoms with Gasteiger partial charge in [-0.3, -0.25) is 9.69 Å². The van der Waals surface area contributed by atoms with E-state index in [-0.39, 0.29) is 5.91 Å². The van der Waals surface area contributed by atoms with Crippen LogP contribution < -0.4 is 5.43 Å². The molecule has 5 heteroatoms. The molecule has 0 atom stereocenters. The third-order valence-electron chi connectivity index (χ3n) is 5.43. The highest BCUT2D eigenvalue weighted by molar-refractivity contribution is 5.84. The Morgan fingerprint density at radius 3 is 2.52 bits per heavy atom. The number of aromatic nitrogens is 1. The third-order valence-corrected chi connectivity index (χ3v) is 5.43. The number of nitrogens with zero attached hydrogens (tertiary/aromatic N) is 3. The van der Waals surface area contributed by atoms with Crippen LogP contribution in [0.1, 0.15) is 47.3 Å². The second-order valence-corrected chi connectivity index (χ2v) is 7.56. The number of hydrogen-bond donors (Lipinski definition) is 1. The first-order valence-electron chi connectivity index (χ1n) is 9.76. The number of amides is 1. The lowest BCUT2D eigenvalue weighted by Gasteiger charge is -2.25. The summed E-state index contributed by atoms with van der Waals surface area (Å²) >= 11 is 0. The maximum Gasteiger partial charge on any atom is 0.254 e. The summed E-state index contributed by atoms with van der Waals surface area (Å²) in [5.41, 5.74) is 9.68. The molecule has 1 aromatic heterocycles. The van der Waals surface area contributed by atoms with Crippen LogP contribution in [0.2, 0.25) is 0 Å². The fourth-order valence-corrected chi connectivity index (χ4v) is 3.71. The van der Waals surface area contributed by atoms with Gasteiger partial charge in [0.25, 0.3) is 5.91 Å². The summed E-state index contributed by atoms with van der Waals surface area (Å²) in [6.07, 6.45) is 5.38. The van der Waals surface area contributed by atoms with Gasteiger partial charge in [-0.2, -0.15) is 5.10 Å². The Morgan fingerprint density at radius 2 is 1.81 bits per heavy atom. The molecule has 0 bridgehead atoms. The molecule has 1 N–H and O–H groups in total. The van der Waals surface area contributed by atoms with Crippen molar-refractivity contribution in [1.29, 1.82) is 0 Å². The topological polar surface area (TPSA) is 49.6 Å². The number of carbonyl (C=O) groups is 1. The lowest BCUT2D eigenvalue weighted by atomic mass is 10.1. The first-order valence-corrected chi connectivity index (χ1v) is 9.76. The summed E-state index contributed by atoms with van der Waals surface area (Å²) in [5.74, 6) is -0.0453. The number of likely N-dealkylation sites (tertiary alicyclic amines) is 1. The Bertz CT molecular complexity index is 844. The van der Waals surface area contributed by atoms with Crippen LogP contribution in [-0.4, -0.2) is 41.2 Å². The maximum atomic E-state index is 12.1. The number of nitrogens with one attached hydrogen (secondary N) is 1. The van der Waals surface area contributed by atoms with Crippen LogP contribution in [0.3, 0.4) is 0 Å². The fourth-order valence-electron chi connectivity index (χ4n) is 3.71. The molecule has 1 aliphatic heterocycles. The Morgan fingerprint density at radius 1 is 1.07 bits per heavy atom. The molecule has 1 aromatic carbocycles. The van der Waals surface area contributed by atoms with Crippen molar-refractivity contribution in [3.8, 4) is 5.69 Å². The van der Waals surface area contributed by atoms with Crippen LogP contribution in [0.25, 0.3) is 5.69 Å². The van der Waals surface area contributed by atoms with Gasteiger partial charge in [-0.1, -0.05) is 12.5 Å². The minimum atomic E-state index is -0.0453. The van der Waals surface area contributed by atoms with Gasteiger partial charge in [0.2, 0.25) is 0 Å². The van der Waals surface area contributed by atoms with E-state index in [0.29, 0.717) is 6.54 Å². The van der Waals surface area contributed by atoms with E-state index in [1.165, 1.54) is 30.4 Å². The van der Waals surface area contributed by atoms with Crippen LogP contribution in [0, 0.1) is 27.7 Å². The van der Waals surface area contributed by atoms with Gasteiger partial charge in [-0.15, -0.1) is 0 Å². The molecule has 1 fully saturated rings. The number of rotatable bonds is 5. The highest BCUT2D eigenvalue weighted by Crippen LogP contribution is 2.21. The van der Waals surface area contributed by atoms with Crippen LogP contribution >= 0.6 is 0 Å². The van der Waals surface area contributed by atoms with Gasteiger partial charge in [0.15, 0.2) is 0 Å². The standard InChI is InChI=1S/C22H30N4O/c1-16-8-9-21(12-17(16)2)26-18(3)13-20(19(26)4)14-23-24-22(27)15-25-10-6-5-7-11-25/h8-9,12-14H,5-7,10-11,15H2,1-4H3,(H,24,27)/b23-14+. The van der Waals surface area contributed by atoms with Crippen molar-refractivity contribution >= 4 is 12.1 Å². The first kappa shape index (κ1) is 19.4. The van der Waals surface area contributed by atoms with Gasteiger partial charge in [0.05, 0.1) is 12.8 Å². The second-order valence-electron chi connectivity index (χ2n) is 7.56. The van der Waals surface area contributed by atoms with Gasteiger partial charge in [0, 0.05) is 22.6 Å². The predicted molar refractivity (Wildman–Crippen MR) is 111 cm³/mol. The molecule has 0 unspecified atom stereocenters. The molecule has 27 heavy (non-hydrogen) atoms. The summed E-state index contributed by atoms with van der Waals surface area (Å²) in [7, 11) is 0. The molecular formula is C22H30N4O. The zero-order valence-electron chi connectivity index (χ0n) is 16.9. The molecule has 5 nitrogen and oxygen atoms in total. The molecule has 0 spiro atoms. The Kier molecular flexibility index (Phi) is 6.11. The molecule has 2 aromatic rings. The lowest BCUT2D eigenvalue weighted by Crippen LogP contribution is -2.38. The van der Waals surface area contributed by atoms with E-state index >= 15 is 0 Å². The number of piperidine rings is 1. The maximum absolute atomic E-state index is 12.1. The predicted octanol–water partition coefficient (Wildman–Crippen LogP) is 3.65. The van der Waals surface area contributed by atoms with Gasteiger partial charge in [-0.25, -0.2) is 5.43 Å². The molecule has 0 radical (unpaired) electrons. The van der Waals surface area contributed by atoms with Crippen LogP contribution in [-0.2, 0) is 4.79 Å². The summed E-state index contributed by atoms with van der Waals surface area (Å²) in [6.45, 7) is 10.9. The van der Waals surface area contributed by atoms with Crippen LogP contribution in [0.4, 0.5) is 0 Å². The zero-order chi connectivity index (χ0) is 19.4. The van der Waals surface area contributed by atoms with E-state index < -0.39 is 0 Å². The minimum Gasteiger partial charge on any atom is -0.318 e. The number of aryl methyl sites for hydroxylation is 3. The monoisotopic (exact) mass is 366 g/mol. The summed E-state index contributed by atoms with van der Waals surface area (Å²) in [6, 6.07) is 8.60. The molecule has 0 aliphatic carbocycles. The van der Waals surface area contributed by atoms with Crippen molar-refractivity contribution in [2.45, 2.75) is 47.0 Å². The normalized spacial score (nSPS) is 15.4. The fraction of sp³-hybridized carbons (Fsp3) is 0.455. The SMILES string of the molecule is Cc1ccc(-n2c(C)cc(/C=N/NC(=O)CN3CCCCC3)c2C)cc1C. The molecule has 2 heterocycles. The summed E-state index contributed by atoms with van der Waals surface area (Å²) in [5, 5.41) is 4.18. The Hall–Kier alpha value is -2.40. The van der Waals surface area contributed by atoms with Crippen molar-refractivity contribution in [1.82, 2.24) is 14.9 Å². The number of hydrogen-bond acceptors (Lipinski definition) is 3. The largest absolute Gasteiger partial charge is 0.318 e. The molecule has 144 valence electrons. The van der Waals surface area contributed by atoms with Crippen molar-refractivity contribution in [3.05, 3.63) is 52.3 Å². The molecule has 1 aliphatic rings. The van der Waals surface area contributed by atoms with E-state index in [1.54, 1.807) is 6.21 Å². The second kappa shape index (κ2) is 8.53. The van der Waals surface area contributed by atoms with Crippen molar-refractivity contribution in [2.75, 3.05) is 19.6 Å². The van der Waals surface area contributed by atoms with Crippen LogP contribution in [0.15, 0.2) is 29.4 Å². The lowest BCUT2D eigenvalue weighted by molar-refractivity contribution is -0.122. The van der Waals surface area contributed by atoms with E-state index in [4.69, 9.17) is 0 Å². The smallest absolute Gasteiger partial charge is 0.254 e. The Labute approximate surface area is 162 Å². The van der Waals surface area contributed by atoms with Crippen molar-refractivity contribution < 1.29 is 4.79 Å². The molecule has 1 amide bonds. The molecule has 1 saturated heterocycles. The van der Waals surface area contributed by atoms with Gasteiger partial charge in [-0.05, 0) is 83.0 Å².